The second-order valence-electron chi connectivity index (χ2n) is 6.39. The van der Waals surface area contributed by atoms with Gasteiger partial charge in [0.15, 0.2) is 0 Å². The number of unbranched alkanes of at least 4 members (excludes halogenated alkanes) is 2. The van der Waals surface area contributed by atoms with Crippen LogP contribution >= 0.6 is 0 Å². The van der Waals surface area contributed by atoms with E-state index in [1.165, 1.54) is 25.7 Å². The van der Waals surface area contributed by atoms with Gasteiger partial charge in [-0.25, -0.2) is 0 Å². The van der Waals surface area contributed by atoms with Crippen LogP contribution in [-0.4, -0.2) is 21.8 Å². The summed E-state index contributed by atoms with van der Waals surface area (Å²) < 4.78 is 12.6. The van der Waals surface area contributed by atoms with Crippen LogP contribution in [0.25, 0.3) is 0 Å². The zero-order valence-electron chi connectivity index (χ0n) is 14.3. The van der Waals surface area contributed by atoms with Crippen molar-refractivity contribution >= 4 is 8.56 Å². The topological polar surface area (TPSA) is 18.5 Å². The minimum absolute atomic E-state index is 0.334. The molecule has 0 fully saturated rings. The highest BCUT2D eigenvalue weighted by Crippen LogP contribution is 2.29. The standard InChI is InChI=1S/C16H36O2Si/c1-8-10-12-19(17-7,13-11-9-2)18-16(14(3)4)15(5)6/h14-16H,8-13H2,1-7H3. The van der Waals surface area contributed by atoms with Crippen molar-refractivity contribution in [2.75, 3.05) is 7.11 Å². The lowest BCUT2D eigenvalue weighted by Crippen LogP contribution is -2.47. The van der Waals surface area contributed by atoms with Crippen molar-refractivity contribution in [2.24, 2.45) is 11.8 Å². The van der Waals surface area contributed by atoms with Crippen LogP contribution in [0.3, 0.4) is 0 Å². The summed E-state index contributed by atoms with van der Waals surface area (Å²) in [5, 5.41) is 0. The van der Waals surface area contributed by atoms with Gasteiger partial charge in [0.2, 0.25) is 0 Å². The van der Waals surface area contributed by atoms with Gasteiger partial charge in [0, 0.05) is 7.11 Å². The lowest BCUT2D eigenvalue weighted by Gasteiger charge is -2.37. The number of hydrogen-bond donors (Lipinski definition) is 0. The molecule has 0 spiro atoms. The molecule has 3 heteroatoms. The molecule has 0 aliphatic carbocycles. The van der Waals surface area contributed by atoms with Crippen LogP contribution in [0.5, 0.6) is 0 Å². The molecule has 2 nitrogen and oxygen atoms in total. The van der Waals surface area contributed by atoms with Crippen LogP contribution < -0.4 is 0 Å². The Kier molecular flexibility index (Phi) is 10.0. The van der Waals surface area contributed by atoms with Crippen LogP contribution in [0.15, 0.2) is 0 Å². The summed E-state index contributed by atoms with van der Waals surface area (Å²) in [5.41, 5.74) is 0. The molecule has 0 aliphatic heterocycles. The van der Waals surface area contributed by atoms with Crippen molar-refractivity contribution < 1.29 is 8.85 Å². The van der Waals surface area contributed by atoms with Crippen LogP contribution in [0, 0.1) is 11.8 Å². The van der Waals surface area contributed by atoms with Gasteiger partial charge in [-0.1, -0.05) is 67.2 Å². The first-order valence-electron chi connectivity index (χ1n) is 8.15. The highest BCUT2D eigenvalue weighted by atomic mass is 28.4. The molecule has 19 heavy (non-hydrogen) atoms. The normalized spacial score (nSPS) is 12.9. The first-order chi connectivity index (χ1) is 8.92. The van der Waals surface area contributed by atoms with Crippen molar-refractivity contribution in [2.45, 2.75) is 85.4 Å². The van der Waals surface area contributed by atoms with Crippen molar-refractivity contribution in [3.05, 3.63) is 0 Å². The third-order valence-electron chi connectivity index (χ3n) is 3.86. The summed E-state index contributed by atoms with van der Waals surface area (Å²) >= 11 is 0. The maximum absolute atomic E-state index is 6.63. The summed E-state index contributed by atoms with van der Waals surface area (Å²) in [5.74, 6) is 1.12. The smallest absolute Gasteiger partial charge is 0.338 e. The predicted octanol–water partition coefficient (Wildman–Crippen LogP) is 5.37. The van der Waals surface area contributed by atoms with Gasteiger partial charge >= 0.3 is 8.56 Å². The van der Waals surface area contributed by atoms with E-state index in [0.717, 1.165) is 12.1 Å². The highest BCUT2D eigenvalue weighted by molar-refractivity contribution is 6.67. The molecule has 0 aromatic heterocycles. The molecule has 0 aromatic rings. The predicted molar refractivity (Wildman–Crippen MR) is 86.7 cm³/mol. The Morgan fingerprint density at radius 3 is 1.53 bits per heavy atom. The maximum atomic E-state index is 6.63. The molecule has 0 unspecified atom stereocenters. The summed E-state index contributed by atoms with van der Waals surface area (Å²) in [6.07, 6.45) is 5.24. The fourth-order valence-corrected chi connectivity index (χ4v) is 6.49. The molecule has 0 aliphatic rings. The molecular weight excluding hydrogens is 252 g/mol. The summed E-state index contributed by atoms with van der Waals surface area (Å²) in [6, 6.07) is 2.30. The van der Waals surface area contributed by atoms with Gasteiger partial charge in [-0.2, -0.15) is 0 Å². The van der Waals surface area contributed by atoms with Gasteiger partial charge in [0.1, 0.15) is 0 Å². The average molecular weight is 289 g/mol. The van der Waals surface area contributed by atoms with Gasteiger partial charge in [-0.05, 0) is 23.9 Å². The molecule has 0 saturated heterocycles. The Morgan fingerprint density at radius 1 is 0.842 bits per heavy atom. The quantitative estimate of drug-likeness (QED) is 0.476. The van der Waals surface area contributed by atoms with E-state index in [9.17, 15) is 0 Å². The molecule has 116 valence electrons. The van der Waals surface area contributed by atoms with Crippen molar-refractivity contribution in [1.82, 2.24) is 0 Å². The van der Waals surface area contributed by atoms with E-state index >= 15 is 0 Å². The summed E-state index contributed by atoms with van der Waals surface area (Å²) in [7, 11) is -0.130. The van der Waals surface area contributed by atoms with E-state index in [-0.39, 0.29) is 0 Å². The first-order valence-corrected chi connectivity index (χ1v) is 10.4. The van der Waals surface area contributed by atoms with Gasteiger partial charge < -0.3 is 8.85 Å². The minimum Gasteiger partial charge on any atom is -0.398 e. The monoisotopic (exact) mass is 288 g/mol. The maximum Gasteiger partial charge on any atom is 0.338 e. The van der Waals surface area contributed by atoms with Gasteiger partial charge in [-0.15, -0.1) is 0 Å². The lowest BCUT2D eigenvalue weighted by molar-refractivity contribution is 0.0579. The largest absolute Gasteiger partial charge is 0.398 e. The molecular formula is C16H36O2Si. The molecule has 0 rings (SSSR count). The Balaban J connectivity index is 4.86. The molecule has 0 N–H and O–H groups in total. The van der Waals surface area contributed by atoms with E-state index in [2.05, 4.69) is 41.5 Å². The van der Waals surface area contributed by atoms with Crippen molar-refractivity contribution in [3.8, 4) is 0 Å². The van der Waals surface area contributed by atoms with Crippen LogP contribution in [-0.2, 0) is 8.85 Å². The van der Waals surface area contributed by atoms with Crippen LogP contribution in [0.2, 0.25) is 12.1 Å². The Labute approximate surface area is 122 Å². The fourth-order valence-electron chi connectivity index (χ4n) is 2.68. The molecule has 0 atom stereocenters. The molecule has 0 heterocycles. The van der Waals surface area contributed by atoms with E-state index < -0.39 is 8.56 Å². The van der Waals surface area contributed by atoms with Crippen molar-refractivity contribution in [1.29, 1.82) is 0 Å². The number of rotatable bonds is 11. The Morgan fingerprint density at radius 2 is 1.26 bits per heavy atom. The zero-order valence-corrected chi connectivity index (χ0v) is 15.3. The van der Waals surface area contributed by atoms with E-state index in [4.69, 9.17) is 8.85 Å². The molecule has 0 amide bonds. The second-order valence-corrected chi connectivity index (χ2v) is 9.86. The summed E-state index contributed by atoms with van der Waals surface area (Å²) in [6.45, 7) is 13.5. The molecule has 0 aromatic carbocycles. The van der Waals surface area contributed by atoms with Crippen molar-refractivity contribution in [3.63, 3.8) is 0 Å². The SMILES string of the molecule is CCCC[Si](CCCC)(OC)OC(C(C)C)C(C)C. The second kappa shape index (κ2) is 9.95. The number of hydrogen-bond acceptors (Lipinski definition) is 2. The highest BCUT2D eigenvalue weighted by Gasteiger charge is 2.39. The molecule has 0 bridgehead atoms. The zero-order chi connectivity index (χ0) is 14.9. The molecule has 0 saturated carbocycles. The van der Waals surface area contributed by atoms with Gasteiger partial charge in [0.05, 0.1) is 6.10 Å². The third kappa shape index (κ3) is 6.91. The third-order valence-corrected chi connectivity index (χ3v) is 7.54. The Hall–Kier alpha value is 0.137. The first kappa shape index (κ1) is 19.1. The van der Waals surface area contributed by atoms with Gasteiger partial charge in [0.25, 0.3) is 0 Å². The van der Waals surface area contributed by atoms with Gasteiger partial charge in [-0.3, -0.25) is 0 Å². The fraction of sp³-hybridized carbons (Fsp3) is 1.00. The lowest BCUT2D eigenvalue weighted by atomic mass is 9.97. The summed E-state index contributed by atoms with van der Waals surface area (Å²) in [4.78, 5) is 0. The van der Waals surface area contributed by atoms with E-state index in [1.54, 1.807) is 0 Å². The van der Waals surface area contributed by atoms with E-state index in [1.807, 2.05) is 7.11 Å². The molecule has 0 radical (unpaired) electrons. The minimum atomic E-state index is -2.00. The van der Waals surface area contributed by atoms with E-state index in [0.29, 0.717) is 17.9 Å². The Bertz CT molecular complexity index is 201. The van der Waals surface area contributed by atoms with Crippen LogP contribution in [0.4, 0.5) is 0 Å². The average Bonchev–Trinajstić information content (AvgIpc) is 2.37. The van der Waals surface area contributed by atoms with Crippen LogP contribution in [0.1, 0.15) is 67.2 Å².